The van der Waals surface area contributed by atoms with Crippen LogP contribution < -0.4 is 16.6 Å². The number of carbonyl (C=O) groups excluding carboxylic acids is 1. The zero-order valence-electron chi connectivity index (χ0n) is 16.0. The van der Waals surface area contributed by atoms with Crippen molar-refractivity contribution in [2.24, 2.45) is 5.73 Å². The Kier molecular flexibility index (Phi) is 6.00. The number of amides is 1. The fraction of sp³-hybridized carbons (Fsp3) is 0.278. The third-order valence-electron chi connectivity index (χ3n) is 4.51. The normalized spacial score (nSPS) is 13.4. The highest BCUT2D eigenvalue weighted by molar-refractivity contribution is 6.31. The third kappa shape index (κ3) is 4.58. The molecule has 2 aromatic heterocycles. The Hall–Kier alpha value is -3.06. The van der Waals surface area contributed by atoms with Gasteiger partial charge in [-0.15, -0.1) is 0 Å². The van der Waals surface area contributed by atoms with E-state index in [0.717, 1.165) is 6.20 Å². The smallest absolute Gasteiger partial charge is 0.349 e. The summed E-state index contributed by atoms with van der Waals surface area (Å²) in [5.41, 5.74) is 0.801. The molecule has 0 radical (unpaired) electrons. The minimum Gasteiger partial charge on any atom is -0.349 e. The van der Waals surface area contributed by atoms with E-state index >= 15 is 0 Å². The molecule has 3 aromatic rings. The number of nitrogens with zero attached hydrogens (tertiary/aromatic N) is 2. The van der Waals surface area contributed by atoms with Crippen LogP contribution in [0, 0.1) is 6.92 Å². The number of alkyl halides is 6. The number of hydrogen-bond acceptors (Lipinski definition) is 4. The van der Waals surface area contributed by atoms with Crippen molar-refractivity contribution in [3.05, 3.63) is 56.6 Å². The van der Waals surface area contributed by atoms with Crippen LogP contribution in [0.3, 0.4) is 0 Å². The first kappa shape index (κ1) is 23.6. The molecule has 0 bridgehead atoms. The van der Waals surface area contributed by atoms with Crippen LogP contribution in [-0.4, -0.2) is 39.3 Å². The van der Waals surface area contributed by atoms with Gasteiger partial charge in [0, 0.05) is 17.1 Å². The lowest BCUT2D eigenvalue weighted by Gasteiger charge is -2.15. The fourth-order valence-corrected chi connectivity index (χ4v) is 3.00. The minimum absolute atomic E-state index is 0.0478. The second kappa shape index (κ2) is 8.13. The number of nitrogens with two attached hydrogens (primary N) is 1. The van der Waals surface area contributed by atoms with Crippen LogP contribution in [0.1, 0.15) is 21.6 Å². The molecule has 1 aromatic carbocycles. The fourth-order valence-electron chi connectivity index (χ4n) is 2.82. The molecule has 0 fully saturated rings. The van der Waals surface area contributed by atoms with Crippen LogP contribution in [0.25, 0.3) is 16.8 Å². The number of aromatic nitrogens is 3. The van der Waals surface area contributed by atoms with Gasteiger partial charge in [-0.1, -0.05) is 23.7 Å². The van der Waals surface area contributed by atoms with Crippen molar-refractivity contribution >= 4 is 23.0 Å². The van der Waals surface area contributed by atoms with E-state index in [2.05, 4.69) is 10.1 Å². The second-order valence-corrected chi connectivity index (χ2v) is 7.24. The highest BCUT2D eigenvalue weighted by atomic mass is 35.5. The van der Waals surface area contributed by atoms with Crippen LogP contribution in [0.2, 0.25) is 5.02 Å². The number of aryl methyl sites for hydroxylation is 1. The molecule has 172 valence electrons. The Balaban J connectivity index is 2.11. The lowest BCUT2D eigenvalue weighted by molar-refractivity contribution is -0.146. The lowest BCUT2D eigenvalue weighted by Crippen LogP contribution is -2.47. The molecule has 1 unspecified atom stereocenters. The van der Waals surface area contributed by atoms with Crippen LogP contribution in [0.4, 0.5) is 26.3 Å². The summed E-state index contributed by atoms with van der Waals surface area (Å²) >= 11 is 6.04. The van der Waals surface area contributed by atoms with Crippen molar-refractivity contribution in [3.8, 4) is 11.3 Å². The van der Waals surface area contributed by atoms with Crippen molar-refractivity contribution in [3.63, 3.8) is 0 Å². The summed E-state index contributed by atoms with van der Waals surface area (Å²) < 4.78 is 79.1. The number of aromatic amines is 1. The molecule has 32 heavy (non-hydrogen) atoms. The quantitative estimate of drug-likeness (QED) is 0.497. The number of carbonyl (C=O) groups is 1. The SMILES string of the molecule is Cc1ccc(-c2cn3nc(C(=O)NCC(N)C(F)(F)F)c(C(F)(F)F)c3c(=O)[nH]2)cc1Cl. The topological polar surface area (TPSA) is 105 Å². The molecule has 0 spiro atoms. The van der Waals surface area contributed by atoms with Gasteiger partial charge in [-0.25, -0.2) is 4.52 Å². The number of rotatable bonds is 4. The molecule has 0 saturated heterocycles. The van der Waals surface area contributed by atoms with Gasteiger partial charge in [0.15, 0.2) is 5.69 Å². The third-order valence-corrected chi connectivity index (χ3v) is 4.92. The van der Waals surface area contributed by atoms with Gasteiger partial charge in [-0.2, -0.15) is 31.4 Å². The molecule has 1 amide bonds. The molecule has 1 atom stereocenters. The molecule has 14 heteroatoms. The Morgan fingerprint density at radius 1 is 1.28 bits per heavy atom. The van der Waals surface area contributed by atoms with Gasteiger partial charge in [0.2, 0.25) is 0 Å². The summed E-state index contributed by atoms with van der Waals surface area (Å²) in [7, 11) is 0. The second-order valence-electron chi connectivity index (χ2n) is 6.83. The number of fused-ring (bicyclic) bond motifs is 1. The summed E-state index contributed by atoms with van der Waals surface area (Å²) in [6.45, 7) is 0.535. The van der Waals surface area contributed by atoms with E-state index in [9.17, 15) is 35.9 Å². The summed E-state index contributed by atoms with van der Waals surface area (Å²) in [6.07, 6.45) is -9.05. The molecule has 2 heterocycles. The summed E-state index contributed by atoms with van der Waals surface area (Å²) in [4.78, 5) is 27.0. The summed E-state index contributed by atoms with van der Waals surface area (Å²) in [5.74, 6) is -1.57. The maximum Gasteiger partial charge on any atom is 0.421 e. The van der Waals surface area contributed by atoms with Crippen LogP contribution >= 0.6 is 11.6 Å². The number of benzene rings is 1. The van der Waals surface area contributed by atoms with Crippen LogP contribution in [0.5, 0.6) is 0 Å². The highest BCUT2D eigenvalue weighted by Crippen LogP contribution is 2.34. The molecular formula is C18H14ClF6N5O2. The Morgan fingerprint density at radius 2 is 1.94 bits per heavy atom. The number of hydrogen-bond donors (Lipinski definition) is 3. The monoisotopic (exact) mass is 481 g/mol. The van der Waals surface area contributed by atoms with E-state index in [-0.39, 0.29) is 5.69 Å². The first-order chi connectivity index (χ1) is 14.7. The molecule has 3 rings (SSSR count). The maximum atomic E-state index is 13.7. The Morgan fingerprint density at radius 3 is 2.50 bits per heavy atom. The van der Waals surface area contributed by atoms with E-state index in [0.29, 0.717) is 20.7 Å². The number of nitrogens with one attached hydrogen (secondary N) is 2. The standard InChI is InChI=1S/C18H14ClF6N5O2/c1-7-2-3-8(4-9(7)19)10-6-30-14(16(32)28-10)12(18(23,24)25)13(29-30)15(31)27-5-11(26)17(20,21)22/h2-4,6,11H,5,26H2,1H3,(H,27,31)(H,28,32). The molecule has 7 nitrogen and oxygen atoms in total. The van der Waals surface area contributed by atoms with Crippen molar-refractivity contribution in [2.45, 2.75) is 25.3 Å². The lowest BCUT2D eigenvalue weighted by atomic mass is 10.1. The first-order valence-corrected chi connectivity index (χ1v) is 9.18. The zero-order valence-corrected chi connectivity index (χ0v) is 16.8. The Bertz CT molecular complexity index is 1250. The molecule has 0 saturated carbocycles. The largest absolute Gasteiger partial charge is 0.421 e. The first-order valence-electron chi connectivity index (χ1n) is 8.80. The van der Waals surface area contributed by atoms with Gasteiger partial charge in [0.1, 0.15) is 17.1 Å². The van der Waals surface area contributed by atoms with Crippen LogP contribution in [0.15, 0.2) is 29.2 Å². The predicted octanol–water partition coefficient (Wildman–Crippen LogP) is 3.29. The van der Waals surface area contributed by atoms with E-state index < -0.39 is 53.2 Å². The predicted molar refractivity (Wildman–Crippen MR) is 102 cm³/mol. The minimum atomic E-state index is -5.21. The number of halogens is 7. The van der Waals surface area contributed by atoms with Gasteiger partial charge < -0.3 is 16.0 Å². The van der Waals surface area contributed by atoms with E-state index in [1.807, 2.05) is 0 Å². The van der Waals surface area contributed by atoms with Gasteiger partial charge in [-0.3, -0.25) is 9.59 Å². The highest BCUT2D eigenvalue weighted by Gasteiger charge is 2.42. The van der Waals surface area contributed by atoms with Crippen LogP contribution in [-0.2, 0) is 6.18 Å². The molecule has 0 aliphatic heterocycles. The molecule has 0 aliphatic rings. The number of H-pyrrole nitrogens is 1. The van der Waals surface area contributed by atoms with Gasteiger partial charge in [-0.05, 0) is 18.6 Å². The molecule has 0 aliphatic carbocycles. The summed E-state index contributed by atoms with van der Waals surface area (Å²) in [6, 6.07) is 2.14. The maximum absolute atomic E-state index is 13.7. The van der Waals surface area contributed by atoms with Crippen molar-refractivity contribution < 1.29 is 31.1 Å². The van der Waals surface area contributed by atoms with E-state index in [1.54, 1.807) is 24.4 Å². The molecule has 4 N–H and O–H groups in total. The van der Waals surface area contributed by atoms with E-state index in [4.69, 9.17) is 17.3 Å². The van der Waals surface area contributed by atoms with E-state index in [1.165, 1.54) is 6.07 Å². The van der Waals surface area contributed by atoms with Gasteiger partial charge >= 0.3 is 12.4 Å². The Labute approximate surface area is 180 Å². The summed E-state index contributed by atoms with van der Waals surface area (Å²) in [5, 5.41) is 5.52. The van der Waals surface area contributed by atoms with Crippen molar-refractivity contribution in [2.75, 3.05) is 6.54 Å². The average molecular weight is 482 g/mol. The van der Waals surface area contributed by atoms with Gasteiger partial charge in [0.05, 0.1) is 11.9 Å². The van der Waals surface area contributed by atoms with Crippen molar-refractivity contribution in [1.82, 2.24) is 19.9 Å². The molecular weight excluding hydrogens is 468 g/mol. The van der Waals surface area contributed by atoms with Crippen molar-refractivity contribution in [1.29, 1.82) is 0 Å². The average Bonchev–Trinajstić information content (AvgIpc) is 3.08. The zero-order chi connectivity index (χ0) is 24.0. The van der Waals surface area contributed by atoms with Gasteiger partial charge in [0.25, 0.3) is 11.5 Å².